The highest BCUT2D eigenvalue weighted by Gasteiger charge is 2.52. The number of fused-ring (bicyclic) bond motifs is 28. The first-order valence-corrected chi connectivity index (χ1v) is 39.7. The normalized spacial score (nSPS) is 15.6. The minimum Gasteiger partial charge on any atom is -0.309 e. The fourth-order valence-corrected chi connectivity index (χ4v) is 22.2. The third kappa shape index (κ3) is 8.21. The molecule has 0 amide bonds. The molecule has 0 saturated carbocycles. The number of para-hydroxylation sites is 2. The Morgan fingerprint density at radius 2 is 0.387 bits per heavy atom. The predicted molar refractivity (Wildman–Crippen MR) is 463 cm³/mol. The molecule has 2 nitrogen and oxygen atoms in total. The first-order chi connectivity index (χ1) is 54.0. The number of hydrogen-bond donors (Lipinski definition) is 0. The molecule has 0 N–H and O–H groups in total. The maximum atomic E-state index is 2.56. The Bertz CT molecular complexity index is 6830. The van der Waals surface area contributed by atoms with Crippen LogP contribution in [0.3, 0.4) is 0 Å². The predicted octanol–water partition coefficient (Wildman–Crippen LogP) is 28.1. The lowest BCUT2D eigenvalue weighted by molar-refractivity contribution is 0.660. The summed E-state index contributed by atoms with van der Waals surface area (Å²) in [5, 5.41) is 5.06. The molecule has 0 radical (unpaired) electrons. The lowest BCUT2D eigenvalue weighted by atomic mass is 9.70. The van der Waals surface area contributed by atoms with E-state index in [1.165, 1.54) is 233 Å². The van der Waals surface area contributed by atoms with Crippen LogP contribution in [-0.4, -0.2) is 9.13 Å². The van der Waals surface area contributed by atoms with Crippen molar-refractivity contribution in [1.82, 2.24) is 9.13 Å². The van der Waals surface area contributed by atoms with Crippen molar-refractivity contribution >= 4 is 43.6 Å². The zero-order valence-corrected chi connectivity index (χ0v) is 63.6. The Morgan fingerprint density at radius 1 is 0.162 bits per heavy atom. The van der Waals surface area contributed by atoms with Gasteiger partial charge in [-0.15, -0.1) is 0 Å². The van der Waals surface area contributed by atoms with Gasteiger partial charge < -0.3 is 9.13 Å². The largest absolute Gasteiger partial charge is 0.309 e. The summed E-state index contributed by atoms with van der Waals surface area (Å²) < 4.78 is 4.96. The lowest BCUT2D eigenvalue weighted by Crippen LogP contribution is -2.26. The van der Waals surface area contributed by atoms with E-state index >= 15 is 0 Å². The Hall–Kier alpha value is -12.9. The van der Waals surface area contributed by atoms with Crippen molar-refractivity contribution in [1.29, 1.82) is 0 Å². The van der Waals surface area contributed by atoms with Crippen molar-refractivity contribution in [2.45, 2.75) is 82.5 Å². The van der Waals surface area contributed by atoms with E-state index in [9.17, 15) is 0 Å². The molecule has 524 valence electrons. The van der Waals surface area contributed by atoms with Crippen molar-refractivity contribution in [3.8, 4) is 123 Å². The molecule has 2 aromatic heterocycles. The van der Waals surface area contributed by atoms with Gasteiger partial charge in [0, 0.05) is 54.6 Å². The summed E-state index contributed by atoms with van der Waals surface area (Å²) in [7, 11) is 0. The molecular weight excluding hydrogens is 1340 g/mol. The Balaban J connectivity index is 0.559. The molecule has 6 aliphatic carbocycles. The molecule has 0 aliphatic heterocycles. The molecule has 18 aromatic rings. The van der Waals surface area contributed by atoms with Gasteiger partial charge in [0.2, 0.25) is 0 Å². The van der Waals surface area contributed by atoms with Crippen LogP contribution in [0.5, 0.6) is 0 Å². The number of nitrogens with zero attached hydrogens (tertiary/aromatic N) is 2. The number of benzene rings is 16. The fourth-order valence-electron chi connectivity index (χ4n) is 22.2. The zero-order valence-electron chi connectivity index (χ0n) is 63.6. The summed E-state index contributed by atoms with van der Waals surface area (Å²) in [6, 6.07) is 127. The molecule has 6 aliphatic rings. The highest BCUT2D eigenvalue weighted by Crippen LogP contribution is 2.65. The van der Waals surface area contributed by atoms with Gasteiger partial charge in [-0.1, -0.05) is 286 Å². The molecule has 0 atom stereocenters. The highest BCUT2D eigenvalue weighted by molar-refractivity contribution is 6.12. The van der Waals surface area contributed by atoms with Crippen LogP contribution in [0.25, 0.3) is 166 Å². The van der Waals surface area contributed by atoms with Gasteiger partial charge in [-0.2, -0.15) is 0 Å². The van der Waals surface area contributed by atoms with Crippen molar-refractivity contribution in [2.75, 3.05) is 0 Å². The third-order valence-electron chi connectivity index (χ3n) is 27.8. The Kier molecular flexibility index (Phi) is 12.4. The summed E-state index contributed by atoms with van der Waals surface area (Å²) in [4.78, 5) is 0. The quantitative estimate of drug-likeness (QED) is 0.157. The molecule has 16 aromatic carbocycles. The molecule has 111 heavy (non-hydrogen) atoms. The van der Waals surface area contributed by atoms with Gasteiger partial charge in [-0.25, -0.2) is 0 Å². The van der Waals surface area contributed by atoms with E-state index in [0.717, 1.165) is 0 Å². The van der Waals surface area contributed by atoms with Crippen LogP contribution < -0.4 is 0 Å². The van der Waals surface area contributed by atoms with E-state index in [1.807, 2.05) is 0 Å². The van der Waals surface area contributed by atoms with Gasteiger partial charge in [0.1, 0.15) is 0 Å². The molecule has 0 bridgehead atoms. The average Bonchev–Trinajstić information content (AvgIpc) is 1.50. The molecule has 1 spiro atoms. The van der Waals surface area contributed by atoms with Crippen LogP contribution in [0, 0.1) is 0 Å². The summed E-state index contributed by atoms with van der Waals surface area (Å²) in [6.07, 6.45) is 0. The van der Waals surface area contributed by atoms with Crippen molar-refractivity contribution in [3.05, 3.63) is 394 Å². The van der Waals surface area contributed by atoms with Gasteiger partial charge in [0.15, 0.2) is 0 Å². The van der Waals surface area contributed by atoms with Crippen LogP contribution in [0.15, 0.2) is 328 Å². The van der Waals surface area contributed by atoms with Gasteiger partial charge in [-0.3, -0.25) is 0 Å². The van der Waals surface area contributed by atoms with Crippen LogP contribution in [0.4, 0.5) is 0 Å². The molecule has 0 unspecified atom stereocenters. The SMILES string of the molecule is CC1(C)c2cc(-c3ccc4c(c3)C3(c5ccccc5-c5ccccc53)c3cc(-c5ccc6c(c5)C(C)(C)c5cc(-c7ccc8c(c7)c7ccccc7n8-c7ccc8c(c7)C(C)(C)c7ccccc7-8)ccc5-6)ccc3-4)ccc2-c2ccc(-c3ccc4c(c3)c3ccccc3n4-c3ccc4c(c3)C(C)(C)c3ccccc3-4)cc21. The lowest BCUT2D eigenvalue weighted by Gasteiger charge is -2.31. The maximum Gasteiger partial charge on any atom is 0.0725 e. The summed E-state index contributed by atoms with van der Waals surface area (Å²) in [5.41, 5.74) is 48.3. The molecule has 0 saturated heterocycles. The van der Waals surface area contributed by atoms with E-state index in [1.54, 1.807) is 0 Å². The van der Waals surface area contributed by atoms with Crippen LogP contribution in [0.2, 0.25) is 0 Å². The van der Waals surface area contributed by atoms with Gasteiger partial charge in [-0.05, 0) is 275 Å². The molecule has 0 fully saturated rings. The van der Waals surface area contributed by atoms with Crippen LogP contribution in [0.1, 0.15) is 122 Å². The number of aromatic nitrogens is 2. The van der Waals surface area contributed by atoms with E-state index in [2.05, 4.69) is 392 Å². The summed E-state index contributed by atoms with van der Waals surface area (Å²) in [6.45, 7) is 19.2. The van der Waals surface area contributed by atoms with Gasteiger partial charge in [0.05, 0.1) is 27.5 Å². The first kappa shape index (κ1) is 63.1. The molecule has 2 heterocycles. The first-order valence-electron chi connectivity index (χ1n) is 39.7. The fraction of sp³-hybridized carbons (Fsp3) is 0.119. The monoisotopic (exact) mass is 1410 g/mol. The van der Waals surface area contributed by atoms with E-state index < -0.39 is 5.41 Å². The maximum absolute atomic E-state index is 2.56. The van der Waals surface area contributed by atoms with Crippen LogP contribution in [-0.2, 0) is 27.1 Å². The summed E-state index contributed by atoms with van der Waals surface area (Å²) in [5.74, 6) is 0. The van der Waals surface area contributed by atoms with Crippen molar-refractivity contribution < 1.29 is 0 Å². The highest BCUT2D eigenvalue weighted by atomic mass is 15.0. The Morgan fingerprint density at radius 3 is 0.739 bits per heavy atom. The van der Waals surface area contributed by atoms with Crippen LogP contribution >= 0.6 is 0 Å². The van der Waals surface area contributed by atoms with Gasteiger partial charge in [0.25, 0.3) is 0 Å². The summed E-state index contributed by atoms with van der Waals surface area (Å²) >= 11 is 0. The van der Waals surface area contributed by atoms with Crippen molar-refractivity contribution in [2.24, 2.45) is 0 Å². The second-order valence-corrected chi connectivity index (χ2v) is 34.6. The number of rotatable bonds is 6. The van der Waals surface area contributed by atoms with Crippen molar-refractivity contribution in [3.63, 3.8) is 0 Å². The molecule has 24 rings (SSSR count). The third-order valence-corrected chi connectivity index (χ3v) is 27.8. The topological polar surface area (TPSA) is 9.86 Å². The van der Waals surface area contributed by atoms with Gasteiger partial charge >= 0.3 is 0 Å². The minimum atomic E-state index is -0.539. The zero-order chi connectivity index (χ0) is 74.1. The number of hydrogen-bond acceptors (Lipinski definition) is 0. The smallest absolute Gasteiger partial charge is 0.0725 e. The second-order valence-electron chi connectivity index (χ2n) is 34.6. The minimum absolute atomic E-state index is 0.0882. The van der Waals surface area contributed by atoms with E-state index in [0.29, 0.717) is 0 Å². The van der Waals surface area contributed by atoms with E-state index in [4.69, 9.17) is 0 Å². The Labute approximate surface area is 647 Å². The molecular formula is C109H78N2. The van der Waals surface area contributed by atoms with E-state index in [-0.39, 0.29) is 21.7 Å². The average molecular weight is 1420 g/mol. The molecule has 2 heteroatoms. The standard InChI is InChI=1S/C109H78N2/c1-105(2)89-27-15-9-21-73(89)81-49-41-71(61-97(81)105)110-101-31-19-13-25-85(101)87-53-63(39-51-103(87)110)65-33-43-77-79-45-35-67(57-95(79)107(5,6)93(77)55-65)69-37-47-83-84-48-38-70(60-100(84)109(99(83)59-69)91-29-17-11-23-75(91)76-24-12-18-30-92(76)109)68-36-46-80-78-44-34-66(56-94(78)108(7,8)96(80)58-68)64-40-52-104-88(54-64)86-26-14-20-32-102(86)111(104)72-42-50-82-74-22-10-16-28-90(74)106(3,4)98(82)62-72/h9-62H,1-8H3. The second kappa shape index (κ2) is 21.7.